The van der Waals surface area contributed by atoms with Gasteiger partial charge in [0, 0.05) is 0 Å². The molecule has 3 nitrogen and oxygen atoms in total. The molecule has 0 aliphatic rings. The molecule has 1 aromatic carbocycles. The number of benzene rings is 1. The first-order valence-electron chi connectivity index (χ1n) is 7.40. The highest BCUT2D eigenvalue weighted by atomic mass is 16.5. The Balaban J connectivity index is 2.75. The first-order chi connectivity index (χ1) is 9.40. The lowest BCUT2D eigenvalue weighted by molar-refractivity contribution is -0.145. The number of hydrogen-bond acceptors (Lipinski definition) is 2. The molecule has 20 heavy (non-hydrogen) atoms. The summed E-state index contributed by atoms with van der Waals surface area (Å²) in [4.78, 5) is 11.2. The van der Waals surface area contributed by atoms with Gasteiger partial charge in [0.25, 0.3) is 0 Å². The van der Waals surface area contributed by atoms with Crippen LogP contribution in [0.1, 0.15) is 58.9 Å². The zero-order chi connectivity index (χ0) is 15.2. The summed E-state index contributed by atoms with van der Waals surface area (Å²) in [5.41, 5.74) is 1.38. The fraction of sp³-hybridized carbons (Fsp3) is 0.588. The van der Waals surface area contributed by atoms with Gasteiger partial charge in [-0.2, -0.15) is 0 Å². The molecular weight excluding hydrogens is 252 g/mol. The number of carboxylic acid groups (broad SMARTS) is 1. The monoisotopic (exact) mass is 278 g/mol. The molecule has 0 saturated carbocycles. The number of rotatable bonds is 8. The minimum Gasteiger partial charge on any atom is -0.479 e. The van der Waals surface area contributed by atoms with E-state index in [1.54, 1.807) is 0 Å². The molecule has 1 aromatic rings. The standard InChI is InChI=1S/C17H26O3/c1-5-7-8-15(16(18)19)20-14-11-9-13(10-12-14)17(3,4)6-2/h9-12,15H,5-8H2,1-4H3,(H,18,19). The van der Waals surface area contributed by atoms with Crippen molar-refractivity contribution in [1.29, 1.82) is 0 Å². The Morgan fingerprint density at radius 1 is 1.25 bits per heavy atom. The van der Waals surface area contributed by atoms with E-state index < -0.39 is 12.1 Å². The third-order valence-corrected chi connectivity index (χ3v) is 3.89. The fourth-order valence-corrected chi connectivity index (χ4v) is 1.98. The number of unbranched alkanes of at least 4 members (excludes halogenated alkanes) is 1. The number of carboxylic acids is 1. The first kappa shape index (κ1) is 16.5. The molecule has 0 heterocycles. The van der Waals surface area contributed by atoms with Gasteiger partial charge in [0.1, 0.15) is 5.75 Å². The van der Waals surface area contributed by atoms with Crippen LogP contribution >= 0.6 is 0 Å². The molecule has 3 heteroatoms. The van der Waals surface area contributed by atoms with Crippen molar-refractivity contribution in [1.82, 2.24) is 0 Å². The summed E-state index contributed by atoms with van der Waals surface area (Å²) in [5, 5.41) is 9.16. The summed E-state index contributed by atoms with van der Waals surface area (Å²) >= 11 is 0. The Bertz CT molecular complexity index is 420. The molecule has 0 spiro atoms. The summed E-state index contributed by atoms with van der Waals surface area (Å²) < 4.78 is 5.58. The van der Waals surface area contributed by atoms with Crippen LogP contribution in [0.25, 0.3) is 0 Å². The van der Waals surface area contributed by atoms with Crippen LogP contribution in [0.15, 0.2) is 24.3 Å². The van der Waals surface area contributed by atoms with Gasteiger partial charge in [-0.25, -0.2) is 4.79 Å². The summed E-state index contributed by atoms with van der Waals surface area (Å²) in [5.74, 6) is -0.263. The smallest absolute Gasteiger partial charge is 0.344 e. The van der Waals surface area contributed by atoms with Gasteiger partial charge in [0.2, 0.25) is 0 Å². The highest BCUT2D eigenvalue weighted by Gasteiger charge is 2.20. The molecule has 0 amide bonds. The summed E-state index contributed by atoms with van der Waals surface area (Å²) in [6.45, 7) is 8.60. The molecule has 0 aliphatic carbocycles. The van der Waals surface area contributed by atoms with E-state index in [2.05, 4.69) is 20.8 Å². The van der Waals surface area contributed by atoms with Crippen LogP contribution in [0.4, 0.5) is 0 Å². The van der Waals surface area contributed by atoms with Crippen molar-refractivity contribution in [2.75, 3.05) is 0 Å². The van der Waals surface area contributed by atoms with E-state index >= 15 is 0 Å². The van der Waals surface area contributed by atoms with Crippen molar-refractivity contribution >= 4 is 5.97 Å². The van der Waals surface area contributed by atoms with E-state index in [-0.39, 0.29) is 5.41 Å². The molecule has 0 aromatic heterocycles. The van der Waals surface area contributed by atoms with E-state index in [1.807, 2.05) is 31.2 Å². The predicted octanol–water partition coefficient (Wildman–Crippen LogP) is 4.40. The van der Waals surface area contributed by atoms with Crippen molar-refractivity contribution in [3.8, 4) is 5.75 Å². The predicted molar refractivity (Wildman–Crippen MR) is 81.3 cm³/mol. The molecule has 0 aliphatic heterocycles. The molecule has 0 fully saturated rings. The van der Waals surface area contributed by atoms with Gasteiger partial charge >= 0.3 is 5.97 Å². The lowest BCUT2D eigenvalue weighted by Crippen LogP contribution is -2.26. The molecule has 112 valence electrons. The Labute approximate surface area is 122 Å². The van der Waals surface area contributed by atoms with Crippen LogP contribution in [-0.2, 0) is 10.2 Å². The lowest BCUT2D eigenvalue weighted by atomic mass is 9.82. The molecule has 0 radical (unpaired) electrons. The van der Waals surface area contributed by atoms with Crippen LogP contribution in [0.2, 0.25) is 0 Å². The number of ether oxygens (including phenoxy) is 1. The second-order valence-corrected chi connectivity index (χ2v) is 5.85. The molecule has 1 N–H and O–H groups in total. The maximum absolute atomic E-state index is 11.2. The number of aliphatic carboxylic acids is 1. The van der Waals surface area contributed by atoms with Crippen molar-refractivity contribution < 1.29 is 14.6 Å². The molecule has 1 unspecified atom stereocenters. The van der Waals surface area contributed by atoms with Crippen molar-refractivity contribution in [2.24, 2.45) is 0 Å². The largest absolute Gasteiger partial charge is 0.479 e. The third-order valence-electron chi connectivity index (χ3n) is 3.89. The number of hydrogen-bond donors (Lipinski definition) is 1. The Morgan fingerprint density at radius 2 is 1.85 bits per heavy atom. The average Bonchev–Trinajstić information content (AvgIpc) is 2.43. The van der Waals surface area contributed by atoms with Crippen LogP contribution in [0, 0.1) is 0 Å². The van der Waals surface area contributed by atoms with E-state index in [1.165, 1.54) is 5.56 Å². The van der Waals surface area contributed by atoms with E-state index in [9.17, 15) is 4.79 Å². The molecule has 0 saturated heterocycles. The van der Waals surface area contributed by atoms with Crippen LogP contribution in [0.3, 0.4) is 0 Å². The molecule has 0 bridgehead atoms. The molecular formula is C17H26O3. The lowest BCUT2D eigenvalue weighted by Gasteiger charge is -2.23. The quantitative estimate of drug-likeness (QED) is 0.766. The second-order valence-electron chi connectivity index (χ2n) is 5.85. The molecule has 1 rings (SSSR count). The van der Waals surface area contributed by atoms with Gasteiger partial charge in [0.05, 0.1) is 0 Å². The maximum atomic E-state index is 11.2. The SMILES string of the molecule is CCCCC(Oc1ccc(C(C)(C)CC)cc1)C(=O)O. The van der Waals surface area contributed by atoms with Gasteiger partial charge in [-0.15, -0.1) is 0 Å². The van der Waals surface area contributed by atoms with E-state index in [4.69, 9.17) is 9.84 Å². The normalized spacial score (nSPS) is 13.0. The van der Waals surface area contributed by atoms with Crippen LogP contribution < -0.4 is 4.74 Å². The first-order valence-corrected chi connectivity index (χ1v) is 7.40. The molecule has 1 atom stereocenters. The van der Waals surface area contributed by atoms with E-state index in [0.717, 1.165) is 19.3 Å². The van der Waals surface area contributed by atoms with Crippen LogP contribution in [-0.4, -0.2) is 17.2 Å². The van der Waals surface area contributed by atoms with Gasteiger partial charge < -0.3 is 9.84 Å². The minimum absolute atomic E-state index is 0.132. The van der Waals surface area contributed by atoms with Crippen molar-refractivity contribution in [3.05, 3.63) is 29.8 Å². The Kier molecular flexibility index (Phi) is 6.05. The average molecular weight is 278 g/mol. The zero-order valence-corrected chi connectivity index (χ0v) is 13.0. The minimum atomic E-state index is -0.892. The topological polar surface area (TPSA) is 46.5 Å². The maximum Gasteiger partial charge on any atom is 0.344 e. The highest BCUT2D eigenvalue weighted by Crippen LogP contribution is 2.28. The van der Waals surface area contributed by atoms with Gasteiger partial charge in [-0.3, -0.25) is 0 Å². The third kappa shape index (κ3) is 4.55. The summed E-state index contributed by atoms with van der Waals surface area (Å²) in [6, 6.07) is 7.79. The van der Waals surface area contributed by atoms with Crippen LogP contribution in [0.5, 0.6) is 5.75 Å². The van der Waals surface area contributed by atoms with Crippen molar-refractivity contribution in [2.45, 2.75) is 64.9 Å². The fourth-order valence-electron chi connectivity index (χ4n) is 1.98. The highest BCUT2D eigenvalue weighted by molar-refractivity contribution is 5.72. The van der Waals surface area contributed by atoms with Gasteiger partial charge in [-0.1, -0.05) is 46.2 Å². The van der Waals surface area contributed by atoms with Crippen molar-refractivity contribution in [3.63, 3.8) is 0 Å². The number of carbonyl (C=O) groups is 1. The second kappa shape index (κ2) is 7.32. The summed E-state index contributed by atoms with van der Waals surface area (Å²) in [7, 11) is 0. The van der Waals surface area contributed by atoms with E-state index in [0.29, 0.717) is 12.2 Å². The Morgan fingerprint density at radius 3 is 2.30 bits per heavy atom. The van der Waals surface area contributed by atoms with Gasteiger partial charge in [-0.05, 0) is 42.4 Å². The summed E-state index contributed by atoms with van der Waals surface area (Å²) in [6.07, 6.45) is 2.68. The van der Waals surface area contributed by atoms with Gasteiger partial charge in [0.15, 0.2) is 6.10 Å². The Hall–Kier alpha value is -1.51. The zero-order valence-electron chi connectivity index (χ0n) is 13.0.